The molecule has 0 aromatic carbocycles. The second-order valence-corrected chi connectivity index (χ2v) is 3.81. The van der Waals surface area contributed by atoms with Crippen molar-refractivity contribution >= 4 is 0 Å². The van der Waals surface area contributed by atoms with Gasteiger partial charge in [0.25, 0.3) is 0 Å². The number of rotatable bonds is 2. The first kappa shape index (κ1) is 7.80. The Labute approximate surface area is 72.6 Å². The summed E-state index contributed by atoms with van der Waals surface area (Å²) in [5.41, 5.74) is 7.07. The van der Waals surface area contributed by atoms with Gasteiger partial charge in [0.1, 0.15) is 0 Å². The highest BCUT2D eigenvalue weighted by molar-refractivity contribution is 5.05. The molecule has 0 spiro atoms. The summed E-state index contributed by atoms with van der Waals surface area (Å²) in [5.74, 6) is 0. The van der Waals surface area contributed by atoms with Crippen LogP contribution >= 0.6 is 0 Å². The summed E-state index contributed by atoms with van der Waals surface area (Å²) < 4.78 is 2.23. The zero-order valence-corrected chi connectivity index (χ0v) is 7.45. The summed E-state index contributed by atoms with van der Waals surface area (Å²) >= 11 is 0. The predicted octanol–water partition coefficient (Wildman–Crippen LogP) is 1.24. The molecule has 0 saturated heterocycles. The van der Waals surface area contributed by atoms with Crippen LogP contribution in [0.2, 0.25) is 0 Å². The SMILES string of the molecule is CC1(n2cncc2CN)CCC1. The molecule has 3 nitrogen and oxygen atoms in total. The van der Waals surface area contributed by atoms with Crippen LogP contribution in [-0.2, 0) is 12.1 Å². The first-order chi connectivity index (χ1) is 5.76. The highest BCUT2D eigenvalue weighted by atomic mass is 15.1. The molecule has 0 bridgehead atoms. The molecular formula is C9H15N3. The van der Waals surface area contributed by atoms with Gasteiger partial charge < -0.3 is 10.3 Å². The highest BCUT2D eigenvalue weighted by Crippen LogP contribution is 2.39. The van der Waals surface area contributed by atoms with Crippen LogP contribution < -0.4 is 5.73 Å². The lowest BCUT2D eigenvalue weighted by molar-refractivity contribution is 0.164. The van der Waals surface area contributed by atoms with Crippen LogP contribution in [0.5, 0.6) is 0 Å². The van der Waals surface area contributed by atoms with E-state index in [1.165, 1.54) is 19.3 Å². The third-order valence-electron chi connectivity index (χ3n) is 2.94. The average molecular weight is 165 g/mol. The summed E-state index contributed by atoms with van der Waals surface area (Å²) in [6, 6.07) is 0. The monoisotopic (exact) mass is 165 g/mol. The number of aromatic nitrogens is 2. The second-order valence-electron chi connectivity index (χ2n) is 3.81. The Bertz CT molecular complexity index is 273. The van der Waals surface area contributed by atoms with Gasteiger partial charge in [-0.2, -0.15) is 0 Å². The Hall–Kier alpha value is -0.830. The zero-order chi connectivity index (χ0) is 8.60. The van der Waals surface area contributed by atoms with E-state index in [9.17, 15) is 0 Å². The van der Waals surface area contributed by atoms with Crippen molar-refractivity contribution in [2.24, 2.45) is 5.73 Å². The molecule has 3 heteroatoms. The van der Waals surface area contributed by atoms with Gasteiger partial charge in [0.2, 0.25) is 0 Å². The van der Waals surface area contributed by atoms with E-state index in [1.807, 2.05) is 12.5 Å². The van der Waals surface area contributed by atoms with Gasteiger partial charge in [0, 0.05) is 18.3 Å². The van der Waals surface area contributed by atoms with Crippen molar-refractivity contribution in [3.05, 3.63) is 18.2 Å². The lowest BCUT2D eigenvalue weighted by atomic mass is 9.78. The first-order valence-corrected chi connectivity index (χ1v) is 4.48. The van der Waals surface area contributed by atoms with Crippen molar-refractivity contribution in [3.8, 4) is 0 Å². The standard InChI is InChI=1S/C9H15N3/c1-9(3-2-4-9)12-7-11-6-8(12)5-10/h6-7H,2-5,10H2,1H3. The van der Waals surface area contributed by atoms with Crippen LogP contribution in [0, 0.1) is 0 Å². The van der Waals surface area contributed by atoms with E-state index in [4.69, 9.17) is 5.73 Å². The van der Waals surface area contributed by atoms with Gasteiger partial charge in [-0.3, -0.25) is 0 Å². The molecule has 1 aromatic heterocycles. The van der Waals surface area contributed by atoms with Crippen LogP contribution in [-0.4, -0.2) is 9.55 Å². The lowest BCUT2D eigenvalue weighted by Gasteiger charge is -2.40. The molecule has 0 radical (unpaired) electrons. The summed E-state index contributed by atoms with van der Waals surface area (Å²) in [4.78, 5) is 4.12. The maximum Gasteiger partial charge on any atom is 0.0953 e. The molecule has 2 N–H and O–H groups in total. The van der Waals surface area contributed by atoms with E-state index in [0.29, 0.717) is 12.1 Å². The fourth-order valence-corrected chi connectivity index (χ4v) is 1.89. The van der Waals surface area contributed by atoms with E-state index in [0.717, 1.165) is 5.69 Å². The third kappa shape index (κ3) is 0.966. The van der Waals surface area contributed by atoms with Crippen molar-refractivity contribution in [2.75, 3.05) is 0 Å². The van der Waals surface area contributed by atoms with Crippen LogP contribution in [0.3, 0.4) is 0 Å². The van der Waals surface area contributed by atoms with Crippen molar-refractivity contribution in [2.45, 2.75) is 38.3 Å². The molecule has 0 unspecified atom stereocenters. The molecule has 66 valence electrons. The van der Waals surface area contributed by atoms with Crippen LogP contribution in [0.15, 0.2) is 12.5 Å². The van der Waals surface area contributed by atoms with Gasteiger partial charge in [0.15, 0.2) is 0 Å². The molecule has 1 heterocycles. The van der Waals surface area contributed by atoms with E-state index in [1.54, 1.807) is 0 Å². The van der Waals surface area contributed by atoms with Gasteiger partial charge in [0.05, 0.1) is 12.0 Å². The van der Waals surface area contributed by atoms with Gasteiger partial charge in [-0.1, -0.05) is 0 Å². The van der Waals surface area contributed by atoms with Gasteiger partial charge in [-0.25, -0.2) is 4.98 Å². The van der Waals surface area contributed by atoms with Crippen molar-refractivity contribution < 1.29 is 0 Å². The first-order valence-electron chi connectivity index (χ1n) is 4.48. The van der Waals surface area contributed by atoms with E-state index < -0.39 is 0 Å². The summed E-state index contributed by atoms with van der Waals surface area (Å²) in [5, 5.41) is 0. The Morgan fingerprint density at radius 2 is 2.42 bits per heavy atom. The van der Waals surface area contributed by atoms with Crippen molar-refractivity contribution in [1.82, 2.24) is 9.55 Å². The molecule has 1 fully saturated rings. The molecule has 1 aliphatic rings. The van der Waals surface area contributed by atoms with Gasteiger partial charge in [-0.05, 0) is 26.2 Å². The van der Waals surface area contributed by atoms with Crippen molar-refractivity contribution in [1.29, 1.82) is 0 Å². The molecule has 1 aromatic rings. The molecule has 1 saturated carbocycles. The van der Waals surface area contributed by atoms with Crippen LogP contribution in [0.4, 0.5) is 0 Å². The smallest absolute Gasteiger partial charge is 0.0953 e. The Morgan fingerprint density at radius 3 is 2.92 bits per heavy atom. The fourth-order valence-electron chi connectivity index (χ4n) is 1.89. The minimum Gasteiger partial charge on any atom is -0.328 e. The van der Waals surface area contributed by atoms with Gasteiger partial charge >= 0.3 is 0 Å². The predicted molar refractivity (Wildman–Crippen MR) is 47.6 cm³/mol. The number of hydrogen-bond acceptors (Lipinski definition) is 2. The van der Waals surface area contributed by atoms with Crippen LogP contribution in [0.25, 0.3) is 0 Å². The van der Waals surface area contributed by atoms with E-state index in [-0.39, 0.29) is 0 Å². The Morgan fingerprint density at radius 1 is 1.67 bits per heavy atom. The Balaban J connectivity index is 2.31. The lowest BCUT2D eigenvalue weighted by Crippen LogP contribution is -2.38. The third-order valence-corrected chi connectivity index (χ3v) is 2.94. The number of nitrogens with two attached hydrogens (primary N) is 1. The second kappa shape index (κ2) is 2.59. The van der Waals surface area contributed by atoms with E-state index >= 15 is 0 Å². The number of imidazole rings is 1. The summed E-state index contributed by atoms with van der Waals surface area (Å²) in [7, 11) is 0. The maximum absolute atomic E-state index is 5.61. The quantitative estimate of drug-likeness (QED) is 0.716. The summed E-state index contributed by atoms with van der Waals surface area (Å²) in [6.45, 7) is 2.87. The molecule has 0 atom stereocenters. The summed E-state index contributed by atoms with van der Waals surface area (Å²) in [6.07, 6.45) is 7.62. The topological polar surface area (TPSA) is 43.8 Å². The maximum atomic E-state index is 5.61. The zero-order valence-electron chi connectivity index (χ0n) is 7.45. The largest absolute Gasteiger partial charge is 0.328 e. The molecular weight excluding hydrogens is 150 g/mol. The number of nitrogens with zero attached hydrogens (tertiary/aromatic N) is 2. The van der Waals surface area contributed by atoms with Crippen molar-refractivity contribution in [3.63, 3.8) is 0 Å². The number of hydrogen-bond donors (Lipinski definition) is 1. The Kier molecular flexibility index (Phi) is 1.68. The minimum atomic E-state index is 0.311. The molecule has 0 aliphatic heterocycles. The van der Waals surface area contributed by atoms with Crippen LogP contribution in [0.1, 0.15) is 31.9 Å². The highest BCUT2D eigenvalue weighted by Gasteiger charge is 2.34. The minimum absolute atomic E-state index is 0.311. The molecule has 0 amide bonds. The van der Waals surface area contributed by atoms with E-state index in [2.05, 4.69) is 16.5 Å². The van der Waals surface area contributed by atoms with Gasteiger partial charge in [-0.15, -0.1) is 0 Å². The fraction of sp³-hybridized carbons (Fsp3) is 0.667. The molecule has 2 rings (SSSR count). The molecule has 12 heavy (non-hydrogen) atoms. The normalized spacial score (nSPS) is 20.5. The average Bonchev–Trinajstić information content (AvgIpc) is 2.47. The molecule has 1 aliphatic carbocycles.